The van der Waals surface area contributed by atoms with Gasteiger partial charge in [-0.25, -0.2) is 4.79 Å². The van der Waals surface area contributed by atoms with Crippen LogP contribution in [0.1, 0.15) is 25.7 Å². The Bertz CT molecular complexity index is 364. The summed E-state index contributed by atoms with van der Waals surface area (Å²) in [4.78, 5) is 13.3. The maximum absolute atomic E-state index is 10.7. The summed E-state index contributed by atoms with van der Waals surface area (Å²) in [5.41, 5.74) is 7.73. The van der Waals surface area contributed by atoms with E-state index in [9.17, 15) is 9.90 Å². The molecule has 1 aliphatic heterocycles. The predicted octanol–water partition coefficient (Wildman–Crippen LogP) is 0.963. The van der Waals surface area contributed by atoms with Crippen molar-refractivity contribution in [2.75, 3.05) is 0 Å². The normalized spacial score (nSPS) is 34.5. The molecule has 3 N–H and O–H groups in total. The molecule has 0 aromatic heterocycles. The van der Waals surface area contributed by atoms with E-state index in [1.807, 2.05) is 0 Å². The quantitative estimate of drug-likeness (QED) is 0.387. The summed E-state index contributed by atoms with van der Waals surface area (Å²) >= 11 is 0. The molecule has 1 saturated heterocycles. The lowest BCUT2D eigenvalue weighted by atomic mass is 9.97. The second-order valence-electron chi connectivity index (χ2n) is 4.45. The Morgan fingerprint density at radius 2 is 2.24 bits per heavy atom. The van der Waals surface area contributed by atoms with Crippen molar-refractivity contribution in [3.8, 4) is 0 Å². The van der Waals surface area contributed by atoms with Crippen LogP contribution in [0.4, 0.5) is 4.79 Å². The van der Waals surface area contributed by atoms with Crippen LogP contribution in [0.25, 0.3) is 10.4 Å². The number of carboxylic acid groups (broad SMARTS) is 1. The standard InChI is InChI=1S/C9H14N4O4/c10-13-12-5-1-2-6(17-7(5)14)9(3-4-9)11-8(15)16/h5-7,11,14H,1-4H2,(H,15,16)/t5-,6+,7?/m1/s1. The van der Waals surface area contributed by atoms with E-state index in [1.165, 1.54) is 0 Å². The Morgan fingerprint density at radius 1 is 1.53 bits per heavy atom. The van der Waals surface area contributed by atoms with Crippen molar-refractivity contribution in [2.24, 2.45) is 5.11 Å². The van der Waals surface area contributed by atoms with E-state index >= 15 is 0 Å². The summed E-state index contributed by atoms with van der Waals surface area (Å²) in [7, 11) is 0. The van der Waals surface area contributed by atoms with Crippen molar-refractivity contribution < 1.29 is 19.7 Å². The fourth-order valence-electron chi connectivity index (χ4n) is 2.25. The molecule has 94 valence electrons. The van der Waals surface area contributed by atoms with Crippen molar-refractivity contribution in [1.29, 1.82) is 0 Å². The maximum atomic E-state index is 10.7. The molecule has 0 aromatic rings. The third kappa shape index (κ3) is 2.44. The number of amides is 1. The first-order chi connectivity index (χ1) is 8.07. The zero-order valence-electron chi connectivity index (χ0n) is 9.11. The smallest absolute Gasteiger partial charge is 0.405 e. The number of azide groups is 1. The van der Waals surface area contributed by atoms with E-state index in [-0.39, 0.29) is 6.10 Å². The van der Waals surface area contributed by atoms with Gasteiger partial charge >= 0.3 is 6.09 Å². The summed E-state index contributed by atoms with van der Waals surface area (Å²) in [6.07, 6.45) is -0.0969. The first-order valence-electron chi connectivity index (χ1n) is 5.46. The molecule has 2 rings (SSSR count). The fourth-order valence-corrected chi connectivity index (χ4v) is 2.25. The third-order valence-corrected chi connectivity index (χ3v) is 3.32. The summed E-state index contributed by atoms with van der Waals surface area (Å²) in [5, 5.41) is 24.2. The third-order valence-electron chi connectivity index (χ3n) is 3.32. The van der Waals surface area contributed by atoms with E-state index < -0.39 is 24.0 Å². The molecule has 17 heavy (non-hydrogen) atoms. The highest BCUT2D eigenvalue weighted by Gasteiger charge is 2.53. The SMILES string of the molecule is [N-]=[N+]=N[C@@H]1CC[C@@H](C2(NC(=O)O)CC2)OC1O. The van der Waals surface area contributed by atoms with Gasteiger partial charge in [-0.05, 0) is 31.2 Å². The van der Waals surface area contributed by atoms with Crippen LogP contribution in [0.15, 0.2) is 5.11 Å². The van der Waals surface area contributed by atoms with Crippen LogP contribution < -0.4 is 5.32 Å². The van der Waals surface area contributed by atoms with E-state index in [1.54, 1.807) is 0 Å². The van der Waals surface area contributed by atoms with Gasteiger partial charge in [-0.3, -0.25) is 0 Å². The number of nitrogens with one attached hydrogen (secondary N) is 1. The summed E-state index contributed by atoms with van der Waals surface area (Å²) in [5.74, 6) is 0. The number of aliphatic hydroxyl groups excluding tert-OH is 1. The second-order valence-corrected chi connectivity index (χ2v) is 4.45. The summed E-state index contributed by atoms with van der Waals surface area (Å²) in [6.45, 7) is 0. The van der Waals surface area contributed by atoms with E-state index in [0.717, 1.165) is 0 Å². The predicted molar refractivity (Wildman–Crippen MR) is 56.2 cm³/mol. The highest BCUT2D eigenvalue weighted by Crippen LogP contribution is 2.44. The van der Waals surface area contributed by atoms with Gasteiger partial charge in [-0.15, -0.1) is 0 Å². The van der Waals surface area contributed by atoms with Gasteiger partial charge in [-0.1, -0.05) is 5.11 Å². The van der Waals surface area contributed by atoms with E-state index in [0.29, 0.717) is 25.7 Å². The van der Waals surface area contributed by atoms with Crippen molar-refractivity contribution >= 4 is 6.09 Å². The molecule has 2 fully saturated rings. The number of hydrogen-bond donors (Lipinski definition) is 3. The molecule has 1 aliphatic carbocycles. The van der Waals surface area contributed by atoms with E-state index in [4.69, 9.17) is 15.4 Å². The summed E-state index contributed by atoms with van der Waals surface area (Å²) in [6, 6.07) is -0.586. The summed E-state index contributed by atoms with van der Waals surface area (Å²) < 4.78 is 5.34. The molecule has 0 bridgehead atoms. The van der Waals surface area contributed by atoms with Crippen LogP contribution in [0, 0.1) is 0 Å². The Kier molecular flexibility index (Phi) is 3.10. The van der Waals surface area contributed by atoms with E-state index in [2.05, 4.69) is 15.3 Å². The maximum Gasteiger partial charge on any atom is 0.405 e. The van der Waals surface area contributed by atoms with Crippen molar-refractivity contribution in [2.45, 2.75) is 49.7 Å². The molecule has 8 nitrogen and oxygen atoms in total. The number of aliphatic hydroxyl groups is 1. The highest BCUT2D eigenvalue weighted by molar-refractivity contribution is 5.66. The largest absolute Gasteiger partial charge is 0.465 e. The molecule has 3 atom stereocenters. The molecule has 0 spiro atoms. The Balaban J connectivity index is 1.97. The molecule has 1 amide bonds. The molecular formula is C9H14N4O4. The number of ether oxygens (including phenoxy) is 1. The number of carbonyl (C=O) groups is 1. The molecule has 0 aromatic carbocycles. The number of nitrogens with zero attached hydrogens (tertiary/aromatic N) is 3. The Hall–Kier alpha value is -1.50. The fraction of sp³-hybridized carbons (Fsp3) is 0.889. The van der Waals surface area contributed by atoms with Gasteiger partial charge in [0.15, 0.2) is 6.29 Å². The van der Waals surface area contributed by atoms with Crippen LogP contribution in [-0.4, -0.2) is 40.3 Å². The van der Waals surface area contributed by atoms with Gasteiger partial charge in [0.1, 0.15) is 0 Å². The highest BCUT2D eigenvalue weighted by atomic mass is 16.6. The molecule has 8 heteroatoms. The number of rotatable bonds is 3. The molecular weight excluding hydrogens is 228 g/mol. The molecule has 0 radical (unpaired) electrons. The first kappa shape index (κ1) is 12.0. The lowest BCUT2D eigenvalue weighted by molar-refractivity contribution is -0.182. The topological polar surface area (TPSA) is 128 Å². The van der Waals surface area contributed by atoms with Crippen LogP contribution in [0.3, 0.4) is 0 Å². The Morgan fingerprint density at radius 3 is 2.71 bits per heavy atom. The van der Waals surface area contributed by atoms with Crippen LogP contribution in [-0.2, 0) is 4.74 Å². The lowest BCUT2D eigenvalue weighted by Gasteiger charge is -2.35. The second kappa shape index (κ2) is 4.40. The first-order valence-corrected chi connectivity index (χ1v) is 5.46. The monoisotopic (exact) mass is 242 g/mol. The molecule has 2 aliphatic rings. The van der Waals surface area contributed by atoms with Crippen molar-refractivity contribution in [3.05, 3.63) is 10.4 Å². The zero-order chi connectivity index (χ0) is 12.5. The average molecular weight is 242 g/mol. The van der Waals surface area contributed by atoms with Gasteiger partial charge in [-0.2, -0.15) is 0 Å². The van der Waals surface area contributed by atoms with Gasteiger partial charge in [0.2, 0.25) is 0 Å². The Labute approximate surface area is 97.2 Å². The molecule has 1 saturated carbocycles. The number of hydrogen-bond acceptors (Lipinski definition) is 4. The molecule has 1 heterocycles. The van der Waals surface area contributed by atoms with Gasteiger partial charge in [0.25, 0.3) is 0 Å². The zero-order valence-corrected chi connectivity index (χ0v) is 9.11. The van der Waals surface area contributed by atoms with Crippen LogP contribution in [0.5, 0.6) is 0 Å². The minimum Gasteiger partial charge on any atom is -0.465 e. The average Bonchev–Trinajstić information content (AvgIpc) is 3.01. The molecule has 1 unspecified atom stereocenters. The van der Waals surface area contributed by atoms with Crippen LogP contribution >= 0.6 is 0 Å². The van der Waals surface area contributed by atoms with Crippen molar-refractivity contribution in [1.82, 2.24) is 5.32 Å². The minimum absolute atomic E-state index is 0.348. The van der Waals surface area contributed by atoms with Crippen LogP contribution in [0.2, 0.25) is 0 Å². The van der Waals surface area contributed by atoms with Gasteiger partial charge in [0.05, 0.1) is 17.7 Å². The minimum atomic E-state index is -1.15. The van der Waals surface area contributed by atoms with Gasteiger partial charge in [0, 0.05) is 4.91 Å². The van der Waals surface area contributed by atoms with Crippen molar-refractivity contribution in [3.63, 3.8) is 0 Å². The lowest BCUT2D eigenvalue weighted by Crippen LogP contribution is -2.51. The van der Waals surface area contributed by atoms with Gasteiger partial charge < -0.3 is 20.3 Å².